The minimum atomic E-state index is 0.0802. The SMILES string of the molecule is Nc1c(CCO)cnn1Cc1ccc(Cl)cc1. The van der Waals surface area contributed by atoms with Gasteiger partial charge in [-0.05, 0) is 17.7 Å². The highest BCUT2D eigenvalue weighted by Gasteiger charge is 2.07. The van der Waals surface area contributed by atoms with E-state index in [2.05, 4.69) is 5.10 Å². The van der Waals surface area contributed by atoms with Gasteiger partial charge in [0.2, 0.25) is 0 Å². The summed E-state index contributed by atoms with van der Waals surface area (Å²) in [5.74, 6) is 0.606. The number of nitrogens with zero attached hydrogens (tertiary/aromatic N) is 2. The van der Waals surface area contributed by atoms with E-state index in [1.807, 2.05) is 24.3 Å². The number of hydrogen-bond acceptors (Lipinski definition) is 3. The maximum Gasteiger partial charge on any atom is 0.125 e. The van der Waals surface area contributed by atoms with E-state index in [9.17, 15) is 0 Å². The van der Waals surface area contributed by atoms with Gasteiger partial charge in [-0.3, -0.25) is 0 Å². The van der Waals surface area contributed by atoms with Gasteiger partial charge in [0.15, 0.2) is 0 Å². The number of benzene rings is 1. The zero-order chi connectivity index (χ0) is 12.3. The zero-order valence-electron chi connectivity index (χ0n) is 9.31. The number of nitrogen functional groups attached to an aromatic ring is 1. The molecule has 0 atom stereocenters. The van der Waals surface area contributed by atoms with Crippen LogP contribution in [0.5, 0.6) is 0 Å². The molecule has 17 heavy (non-hydrogen) atoms. The Morgan fingerprint density at radius 1 is 1.29 bits per heavy atom. The molecule has 0 aliphatic rings. The van der Waals surface area contributed by atoms with Crippen molar-refractivity contribution < 1.29 is 5.11 Å². The van der Waals surface area contributed by atoms with E-state index in [1.54, 1.807) is 10.9 Å². The van der Waals surface area contributed by atoms with E-state index in [4.69, 9.17) is 22.4 Å². The van der Waals surface area contributed by atoms with Crippen molar-refractivity contribution in [2.75, 3.05) is 12.3 Å². The number of aliphatic hydroxyl groups excluding tert-OH is 1. The number of aromatic nitrogens is 2. The minimum Gasteiger partial charge on any atom is -0.396 e. The van der Waals surface area contributed by atoms with Crippen molar-refractivity contribution in [1.29, 1.82) is 0 Å². The van der Waals surface area contributed by atoms with Gasteiger partial charge in [0.1, 0.15) is 5.82 Å². The number of aliphatic hydroxyl groups is 1. The summed E-state index contributed by atoms with van der Waals surface area (Å²) in [5.41, 5.74) is 7.89. The van der Waals surface area contributed by atoms with Crippen molar-refractivity contribution in [3.63, 3.8) is 0 Å². The molecular formula is C12H14ClN3O. The maximum atomic E-state index is 8.87. The molecule has 0 saturated heterocycles. The van der Waals surface area contributed by atoms with Crippen LogP contribution in [-0.2, 0) is 13.0 Å². The van der Waals surface area contributed by atoms with Gasteiger partial charge < -0.3 is 10.8 Å². The molecule has 0 bridgehead atoms. The Labute approximate surface area is 105 Å². The topological polar surface area (TPSA) is 64.1 Å². The predicted octanol–water partition coefficient (Wildman–Crippen LogP) is 1.70. The first-order valence-electron chi connectivity index (χ1n) is 5.36. The third-order valence-electron chi connectivity index (χ3n) is 2.59. The molecule has 5 heteroatoms. The fraction of sp³-hybridized carbons (Fsp3) is 0.250. The first-order valence-corrected chi connectivity index (χ1v) is 5.74. The summed E-state index contributed by atoms with van der Waals surface area (Å²) < 4.78 is 1.72. The van der Waals surface area contributed by atoms with E-state index in [1.165, 1.54) is 0 Å². The van der Waals surface area contributed by atoms with Crippen molar-refractivity contribution in [1.82, 2.24) is 9.78 Å². The molecule has 0 spiro atoms. The van der Waals surface area contributed by atoms with Crippen LogP contribution in [0.4, 0.5) is 5.82 Å². The number of rotatable bonds is 4. The quantitative estimate of drug-likeness (QED) is 0.869. The fourth-order valence-corrected chi connectivity index (χ4v) is 1.76. The molecule has 90 valence electrons. The maximum absolute atomic E-state index is 8.87. The predicted molar refractivity (Wildman–Crippen MR) is 68.0 cm³/mol. The van der Waals surface area contributed by atoms with Gasteiger partial charge in [-0.15, -0.1) is 0 Å². The molecule has 3 N–H and O–H groups in total. The van der Waals surface area contributed by atoms with Crippen LogP contribution in [0.3, 0.4) is 0 Å². The van der Waals surface area contributed by atoms with Crippen LogP contribution in [0.2, 0.25) is 5.02 Å². The first kappa shape index (κ1) is 12.0. The summed E-state index contributed by atoms with van der Waals surface area (Å²) in [4.78, 5) is 0. The van der Waals surface area contributed by atoms with Crippen molar-refractivity contribution in [2.24, 2.45) is 0 Å². The molecule has 1 aromatic heterocycles. The Hall–Kier alpha value is -1.52. The van der Waals surface area contributed by atoms with E-state index < -0.39 is 0 Å². The molecule has 0 amide bonds. The molecule has 0 saturated carbocycles. The van der Waals surface area contributed by atoms with Crippen LogP contribution in [0, 0.1) is 0 Å². The Morgan fingerprint density at radius 3 is 2.65 bits per heavy atom. The highest BCUT2D eigenvalue weighted by atomic mass is 35.5. The summed E-state index contributed by atoms with van der Waals surface area (Å²) >= 11 is 5.82. The number of nitrogens with two attached hydrogens (primary N) is 1. The molecule has 2 rings (SSSR count). The van der Waals surface area contributed by atoms with Crippen LogP contribution in [0.25, 0.3) is 0 Å². The summed E-state index contributed by atoms with van der Waals surface area (Å²) in [6.07, 6.45) is 2.23. The zero-order valence-corrected chi connectivity index (χ0v) is 10.1. The average Bonchev–Trinajstić information content (AvgIpc) is 2.65. The van der Waals surface area contributed by atoms with Crippen molar-refractivity contribution >= 4 is 17.4 Å². The van der Waals surface area contributed by atoms with Crippen molar-refractivity contribution in [2.45, 2.75) is 13.0 Å². The van der Waals surface area contributed by atoms with Gasteiger partial charge in [0, 0.05) is 23.6 Å². The second kappa shape index (κ2) is 5.21. The largest absolute Gasteiger partial charge is 0.396 e. The third kappa shape index (κ3) is 2.78. The Bertz CT molecular complexity index is 493. The number of anilines is 1. The molecule has 1 aromatic carbocycles. The van der Waals surface area contributed by atoms with Gasteiger partial charge in [-0.2, -0.15) is 5.10 Å². The molecule has 0 fully saturated rings. The Balaban J connectivity index is 2.16. The summed E-state index contributed by atoms with van der Waals surface area (Å²) in [6, 6.07) is 7.56. The second-order valence-corrected chi connectivity index (χ2v) is 4.25. The van der Waals surface area contributed by atoms with Crippen molar-refractivity contribution in [3.8, 4) is 0 Å². The summed E-state index contributed by atoms with van der Waals surface area (Å²) in [7, 11) is 0. The number of hydrogen-bond donors (Lipinski definition) is 2. The molecule has 0 aliphatic heterocycles. The van der Waals surface area contributed by atoms with E-state index >= 15 is 0 Å². The third-order valence-corrected chi connectivity index (χ3v) is 2.84. The lowest BCUT2D eigenvalue weighted by molar-refractivity contribution is 0.300. The van der Waals surface area contributed by atoms with Gasteiger partial charge >= 0.3 is 0 Å². The number of halogens is 1. The van der Waals surface area contributed by atoms with Crippen LogP contribution in [0.15, 0.2) is 30.5 Å². The van der Waals surface area contributed by atoms with E-state index in [0.717, 1.165) is 11.1 Å². The van der Waals surface area contributed by atoms with Crippen molar-refractivity contribution in [3.05, 3.63) is 46.6 Å². The molecule has 1 heterocycles. The fourth-order valence-electron chi connectivity index (χ4n) is 1.64. The monoisotopic (exact) mass is 251 g/mol. The van der Waals surface area contributed by atoms with Crippen LogP contribution >= 0.6 is 11.6 Å². The Kier molecular flexibility index (Phi) is 3.66. The smallest absolute Gasteiger partial charge is 0.125 e. The van der Waals surface area contributed by atoms with Crippen LogP contribution < -0.4 is 5.73 Å². The lowest BCUT2D eigenvalue weighted by Crippen LogP contribution is -2.07. The molecular weight excluding hydrogens is 238 g/mol. The lowest BCUT2D eigenvalue weighted by Gasteiger charge is -2.05. The lowest BCUT2D eigenvalue weighted by atomic mass is 10.2. The highest BCUT2D eigenvalue weighted by molar-refractivity contribution is 6.30. The normalized spacial score (nSPS) is 10.7. The molecule has 0 radical (unpaired) electrons. The average molecular weight is 252 g/mol. The van der Waals surface area contributed by atoms with Gasteiger partial charge in [-0.25, -0.2) is 4.68 Å². The summed E-state index contributed by atoms with van der Waals surface area (Å²) in [5, 5.41) is 13.8. The van der Waals surface area contributed by atoms with Gasteiger partial charge in [-0.1, -0.05) is 23.7 Å². The minimum absolute atomic E-state index is 0.0802. The molecule has 4 nitrogen and oxygen atoms in total. The highest BCUT2D eigenvalue weighted by Crippen LogP contribution is 2.15. The Morgan fingerprint density at radius 2 is 2.00 bits per heavy atom. The molecule has 0 unspecified atom stereocenters. The first-order chi connectivity index (χ1) is 8.20. The van der Waals surface area contributed by atoms with E-state index in [-0.39, 0.29) is 6.61 Å². The second-order valence-electron chi connectivity index (χ2n) is 3.81. The van der Waals surface area contributed by atoms with Gasteiger partial charge in [0.05, 0.1) is 12.7 Å². The molecule has 2 aromatic rings. The summed E-state index contributed by atoms with van der Waals surface area (Å²) in [6.45, 7) is 0.686. The standard InChI is InChI=1S/C12H14ClN3O/c13-11-3-1-9(2-4-11)8-16-12(14)10(5-6-17)7-15-16/h1-4,7,17H,5-6,8,14H2. The van der Waals surface area contributed by atoms with Gasteiger partial charge in [0.25, 0.3) is 0 Å². The van der Waals surface area contributed by atoms with E-state index in [0.29, 0.717) is 23.8 Å². The molecule has 0 aliphatic carbocycles. The van der Waals surface area contributed by atoms with Crippen LogP contribution in [0.1, 0.15) is 11.1 Å². The van der Waals surface area contributed by atoms with Crippen LogP contribution in [-0.4, -0.2) is 21.5 Å².